The Morgan fingerprint density at radius 1 is 1.61 bits per heavy atom. The fourth-order valence-corrected chi connectivity index (χ4v) is 1.75. The summed E-state index contributed by atoms with van der Waals surface area (Å²) >= 11 is 6.03. The fraction of sp³-hybridized carbons (Fsp3) is 0.364. The molecule has 1 amide bonds. The topological polar surface area (TPSA) is 83.8 Å². The van der Waals surface area contributed by atoms with E-state index >= 15 is 0 Å². The maximum atomic E-state index is 10.5. The van der Waals surface area contributed by atoms with Crippen LogP contribution in [0, 0.1) is 0 Å². The van der Waals surface area contributed by atoms with Crippen molar-refractivity contribution in [3.05, 3.63) is 23.0 Å². The van der Waals surface area contributed by atoms with E-state index in [-0.39, 0.29) is 10.6 Å². The van der Waals surface area contributed by atoms with Crippen molar-refractivity contribution in [1.29, 1.82) is 0 Å². The first-order chi connectivity index (χ1) is 8.37. The SMILES string of the molecule is CC1(C)CN=C(c2ncc(NC(=O)O)cc2Cl)O1. The molecule has 2 heterocycles. The minimum absolute atomic E-state index is 0.290. The number of carboxylic acid groups (broad SMARTS) is 1. The molecule has 0 aromatic carbocycles. The van der Waals surface area contributed by atoms with Crippen molar-refractivity contribution >= 4 is 29.3 Å². The number of aromatic nitrogens is 1. The van der Waals surface area contributed by atoms with E-state index in [9.17, 15) is 4.79 Å². The van der Waals surface area contributed by atoms with Crippen molar-refractivity contribution in [3.8, 4) is 0 Å². The largest absolute Gasteiger partial charge is 0.468 e. The number of rotatable bonds is 2. The predicted octanol–water partition coefficient (Wildman–Crippen LogP) is 2.38. The minimum Gasteiger partial charge on any atom is -0.468 e. The number of hydrogen-bond donors (Lipinski definition) is 2. The Morgan fingerprint density at radius 2 is 2.33 bits per heavy atom. The van der Waals surface area contributed by atoms with Gasteiger partial charge in [0.1, 0.15) is 11.3 Å². The van der Waals surface area contributed by atoms with Crippen molar-refractivity contribution in [3.63, 3.8) is 0 Å². The van der Waals surface area contributed by atoms with Crippen LogP contribution in [0.4, 0.5) is 10.5 Å². The lowest BCUT2D eigenvalue weighted by atomic mass is 10.1. The van der Waals surface area contributed by atoms with Gasteiger partial charge in [-0.15, -0.1) is 0 Å². The molecule has 0 atom stereocenters. The number of nitrogens with one attached hydrogen (secondary N) is 1. The van der Waals surface area contributed by atoms with E-state index in [0.717, 1.165) is 0 Å². The quantitative estimate of drug-likeness (QED) is 0.863. The van der Waals surface area contributed by atoms with Crippen LogP contribution in [0.3, 0.4) is 0 Å². The summed E-state index contributed by atoms with van der Waals surface area (Å²) in [5.74, 6) is 0.381. The molecule has 1 aromatic heterocycles. The zero-order valence-corrected chi connectivity index (χ0v) is 10.7. The lowest BCUT2D eigenvalue weighted by molar-refractivity contribution is 0.131. The molecule has 0 aliphatic carbocycles. The smallest absolute Gasteiger partial charge is 0.409 e. The van der Waals surface area contributed by atoms with E-state index in [4.69, 9.17) is 21.4 Å². The van der Waals surface area contributed by atoms with Gasteiger partial charge in [-0.2, -0.15) is 0 Å². The molecule has 0 saturated carbocycles. The molecule has 2 N–H and O–H groups in total. The van der Waals surface area contributed by atoms with E-state index in [2.05, 4.69) is 15.3 Å². The number of amides is 1. The van der Waals surface area contributed by atoms with Crippen LogP contribution >= 0.6 is 11.6 Å². The number of anilines is 1. The molecule has 1 aromatic rings. The van der Waals surface area contributed by atoms with Crippen LogP contribution in [-0.2, 0) is 4.74 Å². The van der Waals surface area contributed by atoms with Crippen LogP contribution in [0.1, 0.15) is 19.5 Å². The molecule has 0 unspecified atom stereocenters. The highest BCUT2D eigenvalue weighted by atomic mass is 35.5. The van der Waals surface area contributed by atoms with Gasteiger partial charge in [0.15, 0.2) is 0 Å². The number of ether oxygens (including phenoxy) is 1. The van der Waals surface area contributed by atoms with Gasteiger partial charge < -0.3 is 9.84 Å². The summed E-state index contributed by atoms with van der Waals surface area (Å²) in [6.45, 7) is 4.37. The molecule has 1 aliphatic heterocycles. The number of pyridine rings is 1. The van der Waals surface area contributed by atoms with Gasteiger partial charge in [0.05, 0.1) is 23.5 Å². The molecule has 18 heavy (non-hydrogen) atoms. The summed E-state index contributed by atoms with van der Waals surface area (Å²) < 4.78 is 5.60. The molecule has 96 valence electrons. The molecule has 7 heteroatoms. The summed E-state index contributed by atoms with van der Waals surface area (Å²) in [4.78, 5) is 18.8. The van der Waals surface area contributed by atoms with Gasteiger partial charge in [0.2, 0.25) is 5.90 Å². The Morgan fingerprint density at radius 3 is 2.83 bits per heavy atom. The van der Waals surface area contributed by atoms with Gasteiger partial charge in [-0.1, -0.05) is 11.6 Å². The minimum atomic E-state index is -1.17. The van der Waals surface area contributed by atoms with Crippen molar-refractivity contribution in [2.75, 3.05) is 11.9 Å². The second-order valence-corrected chi connectivity index (χ2v) is 4.87. The Kier molecular flexibility index (Phi) is 3.13. The molecule has 0 saturated heterocycles. The van der Waals surface area contributed by atoms with Crippen molar-refractivity contribution < 1.29 is 14.6 Å². The van der Waals surface area contributed by atoms with Gasteiger partial charge >= 0.3 is 6.09 Å². The highest BCUT2D eigenvalue weighted by Crippen LogP contribution is 2.25. The zero-order valence-electron chi connectivity index (χ0n) is 9.90. The molecule has 0 fully saturated rings. The van der Waals surface area contributed by atoms with Crippen molar-refractivity contribution in [2.24, 2.45) is 4.99 Å². The summed E-state index contributed by atoms with van der Waals surface area (Å²) in [6.07, 6.45) is 0.197. The van der Waals surface area contributed by atoms with Crippen LogP contribution < -0.4 is 5.32 Å². The zero-order chi connectivity index (χ0) is 13.3. The molecule has 0 radical (unpaired) electrons. The average Bonchev–Trinajstić information content (AvgIpc) is 2.58. The Balaban J connectivity index is 2.23. The van der Waals surface area contributed by atoms with Gasteiger partial charge in [-0.25, -0.2) is 14.8 Å². The van der Waals surface area contributed by atoms with E-state index in [0.29, 0.717) is 23.8 Å². The van der Waals surface area contributed by atoms with Crippen LogP contribution in [0.5, 0.6) is 0 Å². The summed E-state index contributed by atoms with van der Waals surface area (Å²) in [5.41, 5.74) is 0.352. The normalized spacial score (nSPS) is 16.9. The van der Waals surface area contributed by atoms with Crippen LogP contribution in [0.2, 0.25) is 5.02 Å². The van der Waals surface area contributed by atoms with Crippen LogP contribution in [0.15, 0.2) is 17.3 Å². The number of halogens is 1. The first-order valence-corrected chi connectivity index (χ1v) is 5.64. The maximum absolute atomic E-state index is 10.5. The molecule has 0 bridgehead atoms. The van der Waals surface area contributed by atoms with Crippen LogP contribution in [0.25, 0.3) is 0 Å². The van der Waals surface area contributed by atoms with Gasteiger partial charge in [-0.3, -0.25) is 5.32 Å². The van der Waals surface area contributed by atoms with E-state index in [1.807, 2.05) is 13.8 Å². The molecule has 6 nitrogen and oxygen atoms in total. The lowest BCUT2D eigenvalue weighted by Crippen LogP contribution is -2.24. The van der Waals surface area contributed by atoms with E-state index in [1.54, 1.807) is 0 Å². The summed E-state index contributed by atoms with van der Waals surface area (Å²) in [6, 6.07) is 1.47. The van der Waals surface area contributed by atoms with Gasteiger partial charge in [-0.05, 0) is 19.9 Å². The Hall–Kier alpha value is -1.82. The first kappa shape index (κ1) is 12.6. The standard InChI is InChI=1S/C11H12ClN3O3/c1-11(2)5-14-9(18-11)8-7(12)3-6(4-13-8)15-10(16)17/h3-4,15H,5H2,1-2H3,(H,16,17). The third-order valence-electron chi connectivity index (χ3n) is 2.27. The monoisotopic (exact) mass is 269 g/mol. The number of carbonyl (C=O) groups is 1. The third kappa shape index (κ3) is 2.70. The van der Waals surface area contributed by atoms with Gasteiger partial charge in [0.25, 0.3) is 0 Å². The number of aliphatic imine (C=N–C) groups is 1. The molecule has 2 rings (SSSR count). The third-order valence-corrected chi connectivity index (χ3v) is 2.56. The summed E-state index contributed by atoms with van der Waals surface area (Å²) in [7, 11) is 0. The first-order valence-electron chi connectivity index (χ1n) is 5.27. The van der Waals surface area contributed by atoms with Crippen molar-refractivity contribution in [1.82, 2.24) is 4.98 Å². The second-order valence-electron chi connectivity index (χ2n) is 4.47. The fourth-order valence-electron chi connectivity index (χ4n) is 1.50. The Bertz CT molecular complexity index is 528. The molecule has 1 aliphatic rings. The molecular weight excluding hydrogens is 258 g/mol. The summed E-state index contributed by atoms with van der Waals surface area (Å²) in [5, 5.41) is 11.0. The lowest BCUT2D eigenvalue weighted by Gasteiger charge is -2.17. The average molecular weight is 270 g/mol. The maximum Gasteiger partial charge on any atom is 0.409 e. The number of nitrogens with zero attached hydrogens (tertiary/aromatic N) is 2. The number of hydrogen-bond acceptors (Lipinski definition) is 4. The highest BCUT2D eigenvalue weighted by molar-refractivity contribution is 6.33. The van der Waals surface area contributed by atoms with Crippen molar-refractivity contribution in [2.45, 2.75) is 19.4 Å². The molecular formula is C11H12ClN3O3. The van der Waals surface area contributed by atoms with E-state index in [1.165, 1.54) is 12.3 Å². The second kappa shape index (κ2) is 4.45. The molecule has 0 spiro atoms. The van der Waals surface area contributed by atoms with Crippen LogP contribution in [-0.4, -0.2) is 34.2 Å². The Labute approximate surface area is 109 Å². The predicted molar refractivity (Wildman–Crippen MR) is 67.5 cm³/mol. The van der Waals surface area contributed by atoms with Gasteiger partial charge in [0, 0.05) is 0 Å². The highest BCUT2D eigenvalue weighted by Gasteiger charge is 2.30. The van der Waals surface area contributed by atoms with E-state index < -0.39 is 6.09 Å².